The summed E-state index contributed by atoms with van der Waals surface area (Å²) in [6.45, 7) is 4.33. The number of rotatable bonds is 5. The summed E-state index contributed by atoms with van der Waals surface area (Å²) in [5.41, 5.74) is 0. The van der Waals surface area contributed by atoms with Crippen molar-refractivity contribution in [3.8, 4) is 0 Å². The predicted molar refractivity (Wildman–Crippen MR) is 72.6 cm³/mol. The molecule has 0 amide bonds. The first-order chi connectivity index (χ1) is 9.92. The molecule has 112 valence electrons. The zero-order chi connectivity index (χ0) is 13.6. The Bertz CT molecular complexity index is 398. The molecule has 2 aliphatic rings. The maximum Gasteiger partial charge on any atom is 0.228 e. The third-order valence-corrected chi connectivity index (χ3v) is 3.96. The average Bonchev–Trinajstić information content (AvgIpc) is 2.98. The highest BCUT2D eigenvalue weighted by molar-refractivity contribution is 4.96. The molecule has 0 spiro atoms. The molecule has 1 aromatic rings. The molecule has 2 aliphatic heterocycles. The number of aromatic nitrogens is 2. The van der Waals surface area contributed by atoms with E-state index in [1.807, 2.05) is 0 Å². The number of nitrogens with one attached hydrogen (secondary N) is 1. The van der Waals surface area contributed by atoms with Crippen molar-refractivity contribution in [2.24, 2.45) is 0 Å². The minimum atomic E-state index is 0.298. The normalized spacial score (nSPS) is 24.9. The second kappa shape index (κ2) is 7.15. The van der Waals surface area contributed by atoms with Gasteiger partial charge in [0.1, 0.15) is 0 Å². The molecule has 2 fully saturated rings. The molecule has 2 saturated heterocycles. The molecule has 1 atom stereocenters. The van der Waals surface area contributed by atoms with Crippen LogP contribution in [0.1, 0.15) is 43.3 Å². The van der Waals surface area contributed by atoms with Crippen LogP contribution in [0.2, 0.25) is 0 Å². The maximum absolute atomic E-state index is 5.85. The van der Waals surface area contributed by atoms with Gasteiger partial charge in [0.2, 0.25) is 5.89 Å². The first kappa shape index (κ1) is 14.0. The molecule has 0 aromatic carbocycles. The van der Waals surface area contributed by atoms with Gasteiger partial charge in [0.05, 0.1) is 25.7 Å². The molecule has 0 saturated carbocycles. The van der Waals surface area contributed by atoms with Crippen molar-refractivity contribution < 1.29 is 14.0 Å². The Hall–Kier alpha value is -0.980. The second-order valence-electron chi connectivity index (χ2n) is 5.53. The Kier molecular flexibility index (Phi) is 5.00. The summed E-state index contributed by atoms with van der Waals surface area (Å²) in [6.07, 6.45) is 5.43. The van der Waals surface area contributed by atoms with Gasteiger partial charge in [-0.25, -0.2) is 0 Å². The van der Waals surface area contributed by atoms with Crippen LogP contribution in [0, 0.1) is 0 Å². The second-order valence-corrected chi connectivity index (χ2v) is 5.53. The number of nitrogens with zero attached hydrogens (tertiary/aromatic N) is 2. The zero-order valence-electron chi connectivity index (χ0n) is 11.8. The van der Waals surface area contributed by atoms with Crippen LogP contribution in [0.25, 0.3) is 0 Å². The molecule has 3 heterocycles. The Balaban J connectivity index is 1.42. The molecule has 20 heavy (non-hydrogen) atoms. The number of piperidine rings is 1. The molecule has 1 aromatic heterocycles. The summed E-state index contributed by atoms with van der Waals surface area (Å²) in [5.74, 6) is 1.77. The first-order valence-corrected chi connectivity index (χ1v) is 7.64. The molecular weight excluding hydrogens is 258 g/mol. The van der Waals surface area contributed by atoms with E-state index in [9.17, 15) is 0 Å². The molecular formula is C14H23N3O3. The zero-order valence-corrected chi connectivity index (χ0v) is 11.8. The predicted octanol–water partition coefficient (Wildman–Crippen LogP) is 1.27. The van der Waals surface area contributed by atoms with E-state index in [1.54, 1.807) is 0 Å². The summed E-state index contributed by atoms with van der Waals surface area (Å²) >= 11 is 0. The maximum atomic E-state index is 5.85. The van der Waals surface area contributed by atoms with Crippen LogP contribution in [0.15, 0.2) is 4.52 Å². The molecule has 3 rings (SSSR count). The topological polar surface area (TPSA) is 69.4 Å². The van der Waals surface area contributed by atoms with Gasteiger partial charge in [-0.05, 0) is 38.8 Å². The van der Waals surface area contributed by atoms with Gasteiger partial charge in [0.15, 0.2) is 5.82 Å². The number of ether oxygens (including phenoxy) is 2. The highest BCUT2D eigenvalue weighted by Crippen LogP contribution is 2.22. The number of hydrogen-bond donors (Lipinski definition) is 1. The molecule has 6 heteroatoms. The monoisotopic (exact) mass is 281 g/mol. The minimum Gasteiger partial charge on any atom is -0.381 e. The smallest absolute Gasteiger partial charge is 0.228 e. The van der Waals surface area contributed by atoms with Crippen LogP contribution in [-0.4, -0.2) is 49.2 Å². The summed E-state index contributed by atoms with van der Waals surface area (Å²) in [4.78, 5) is 4.47. The Morgan fingerprint density at radius 3 is 2.95 bits per heavy atom. The average molecular weight is 281 g/mol. The molecule has 0 bridgehead atoms. The lowest BCUT2D eigenvalue weighted by atomic mass is 10.0. The van der Waals surface area contributed by atoms with Crippen molar-refractivity contribution in [3.05, 3.63) is 11.7 Å². The third kappa shape index (κ3) is 3.77. The van der Waals surface area contributed by atoms with Crippen LogP contribution in [0.4, 0.5) is 0 Å². The highest BCUT2D eigenvalue weighted by Gasteiger charge is 2.21. The number of hydrogen-bond acceptors (Lipinski definition) is 6. The van der Waals surface area contributed by atoms with Crippen molar-refractivity contribution >= 4 is 0 Å². The van der Waals surface area contributed by atoms with Crippen LogP contribution in [0.3, 0.4) is 0 Å². The van der Waals surface area contributed by atoms with E-state index in [1.165, 1.54) is 0 Å². The largest absolute Gasteiger partial charge is 0.381 e. The fraction of sp³-hybridized carbons (Fsp3) is 0.857. The standard InChI is InChI=1S/C14H23N3O3/c1-2-11(10-18-8-1)14-16-13(20-17-14)5-9-19-12-3-6-15-7-4-12/h11-12,15H,1-10H2. The minimum absolute atomic E-state index is 0.298. The van der Waals surface area contributed by atoms with Gasteiger partial charge in [-0.15, -0.1) is 0 Å². The lowest BCUT2D eigenvalue weighted by Crippen LogP contribution is -2.32. The van der Waals surface area contributed by atoms with Gasteiger partial charge in [-0.1, -0.05) is 5.16 Å². The SMILES string of the molecule is C1COCC(c2noc(CCOC3CCNCC3)n2)C1. The summed E-state index contributed by atoms with van der Waals surface area (Å²) in [7, 11) is 0. The van der Waals surface area contributed by atoms with Gasteiger partial charge >= 0.3 is 0 Å². The Morgan fingerprint density at radius 2 is 2.15 bits per heavy atom. The van der Waals surface area contributed by atoms with Crippen LogP contribution in [0.5, 0.6) is 0 Å². The van der Waals surface area contributed by atoms with Crippen molar-refractivity contribution in [2.75, 3.05) is 32.9 Å². The van der Waals surface area contributed by atoms with E-state index in [2.05, 4.69) is 15.5 Å². The first-order valence-electron chi connectivity index (χ1n) is 7.64. The third-order valence-electron chi connectivity index (χ3n) is 3.96. The summed E-state index contributed by atoms with van der Waals surface area (Å²) in [6, 6.07) is 0. The fourth-order valence-corrected chi connectivity index (χ4v) is 2.75. The van der Waals surface area contributed by atoms with Gasteiger partial charge < -0.3 is 19.3 Å². The lowest BCUT2D eigenvalue weighted by molar-refractivity contribution is 0.0322. The van der Waals surface area contributed by atoms with E-state index < -0.39 is 0 Å². The molecule has 1 N–H and O–H groups in total. The van der Waals surface area contributed by atoms with Gasteiger partial charge in [0, 0.05) is 12.5 Å². The quantitative estimate of drug-likeness (QED) is 0.876. The fourth-order valence-electron chi connectivity index (χ4n) is 2.75. The van der Waals surface area contributed by atoms with E-state index in [4.69, 9.17) is 14.0 Å². The summed E-state index contributed by atoms with van der Waals surface area (Å²) in [5, 5.41) is 7.40. The van der Waals surface area contributed by atoms with Crippen molar-refractivity contribution in [2.45, 2.75) is 44.1 Å². The highest BCUT2D eigenvalue weighted by atomic mass is 16.5. The van der Waals surface area contributed by atoms with E-state index in [0.717, 1.165) is 51.2 Å². The van der Waals surface area contributed by atoms with Crippen molar-refractivity contribution in [1.29, 1.82) is 0 Å². The molecule has 6 nitrogen and oxygen atoms in total. The van der Waals surface area contributed by atoms with Crippen LogP contribution >= 0.6 is 0 Å². The van der Waals surface area contributed by atoms with E-state index >= 15 is 0 Å². The van der Waals surface area contributed by atoms with Gasteiger partial charge in [-0.3, -0.25) is 0 Å². The molecule has 0 aliphatic carbocycles. The van der Waals surface area contributed by atoms with Crippen LogP contribution in [-0.2, 0) is 15.9 Å². The van der Waals surface area contributed by atoms with E-state index in [-0.39, 0.29) is 0 Å². The molecule has 0 radical (unpaired) electrons. The lowest BCUT2D eigenvalue weighted by Gasteiger charge is -2.22. The molecule has 1 unspecified atom stereocenters. The van der Waals surface area contributed by atoms with Gasteiger partial charge in [-0.2, -0.15) is 4.98 Å². The van der Waals surface area contributed by atoms with Crippen molar-refractivity contribution in [3.63, 3.8) is 0 Å². The Morgan fingerprint density at radius 1 is 1.25 bits per heavy atom. The van der Waals surface area contributed by atoms with Gasteiger partial charge in [0.25, 0.3) is 0 Å². The van der Waals surface area contributed by atoms with Crippen molar-refractivity contribution in [1.82, 2.24) is 15.5 Å². The van der Waals surface area contributed by atoms with Crippen LogP contribution < -0.4 is 5.32 Å². The van der Waals surface area contributed by atoms with E-state index in [0.29, 0.717) is 37.5 Å². The summed E-state index contributed by atoms with van der Waals surface area (Å²) < 4.78 is 16.6. The Labute approximate surface area is 119 Å².